The maximum atomic E-state index is 14.1. The lowest BCUT2D eigenvalue weighted by Crippen LogP contribution is -2.48. The van der Waals surface area contributed by atoms with Crippen LogP contribution in [0.3, 0.4) is 0 Å². The number of nitrogens with zero attached hydrogens (tertiary/aromatic N) is 2. The number of benzene rings is 4. The standard InChI is InChI=1S/C34H37N3O5S/c1-42-31-20-18-27(19-21-31)22-23-35-34(39)33(30-16-10-5-11-17-30)37(25-29-14-8-4-9-15-29)32(38)26-36(43(2,40)41)24-28-12-6-3-7-13-28/h3-21,33H,22-26H2,1-2H3,(H,35,39)/t33-/m0/s1. The first-order valence-electron chi connectivity index (χ1n) is 14.0. The van der Waals surface area contributed by atoms with E-state index in [1.807, 2.05) is 103 Å². The monoisotopic (exact) mass is 599 g/mol. The fourth-order valence-corrected chi connectivity index (χ4v) is 5.48. The molecule has 9 heteroatoms. The number of hydrogen-bond acceptors (Lipinski definition) is 5. The van der Waals surface area contributed by atoms with Gasteiger partial charge in [0, 0.05) is 19.6 Å². The molecule has 0 unspecified atom stereocenters. The molecule has 4 aromatic rings. The molecule has 2 amide bonds. The highest BCUT2D eigenvalue weighted by atomic mass is 32.2. The number of hydrogen-bond donors (Lipinski definition) is 1. The fraction of sp³-hybridized carbons (Fsp3) is 0.235. The third-order valence-corrected chi connectivity index (χ3v) is 8.24. The second-order valence-electron chi connectivity index (χ2n) is 10.2. The molecule has 0 radical (unpaired) electrons. The highest BCUT2D eigenvalue weighted by molar-refractivity contribution is 7.88. The van der Waals surface area contributed by atoms with Crippen molar-refractivity contribution < 1.29 is 22.7 Å². The number of ether oxygens (including phenoxy) is 1. The summed E-state index contributed by atoms with van der Waals surface area (Å²) in [6.07, 6.45) is 1.67. The average Bonchev–Trinajstić information content (AvgIpc) is 3.02. The van der Waals surface area contributed by atoms with E-state index in [1.54, 1.807) is 19.2 Å². The van der Waals surface area contributed by atoms with Gasteiger partial charge in [-0.1, -0.05) is 103 Å². The molecule has 0 aliphatic heterocycles. The summed E-state index contributed by atoms with van der Waals surface area (Å²) < 4.78 is 32.0. The van der Waals surface area contributed by atoms with Gasteiger partial charge in [-0.3, -0.25) is 9.59 Å². The second-order valence-corrected chi connectivity index (χ2v) is 12.2. The molecule has 0 spiro atoms. The van der Waals surface area contributed by atoms with E-state index in [4.69, 9.17) is 4.74 Å². The SMILES string of the molecule is COc1ccc(CCNC(=O)[C@H](c2ccccc2)N(Cc2ccccc2)C(=O)CN(Cc2ccccc2)S(C)(=O)=O)cc1. The van der Waals surface area contributed by atoms with Crippen LogP contribution in [0.25, 0.3) is 0 Å². The summed E-state index contributed by atoms with van der Waals surface area (Å²) in [5, 5.41) is 3.01. The smallest absolute Gasteiger partial charge is 0.247 e. The first kappa shape index (κ1) is 31.5. The van der Waals surface area contributed by atoms with Gasteiger partial charge in [-0.15, -0.1) is 0 Å². The van der Waals surface area contributed by atoms with Crippen molar-refractivity contribution in [3.05, 3.63) is 138 Å². The number of methoxy groups -OCH3 is 1. The molecule has 0 fully saturated rings. The minimum Gasteiger partial charge on any atom is -0.497 e. The number of sulfonamides is 1. The molecule has 8 nitrogen and oxygen atoms in total. The van der Waals surface area contributed by atoms with Crippen molar-refractivity contribution in [1.29, 1.82) is 0 Å². The van der Waals surface area contributed by atoms with Crippen molar-refractivity contribution in [2.75, 3.05) is 26.5 Å². The predicted molar refractivity (Wildman–Crippen MR) is 168 cm³/mol. The molecule has 0 bridgehead atoms. The van der Waals surface area contributed by atoms with Crippen molar-refractivity contribution in [3.8, 4) is 5.75 Å². The van der Waals surface area contributed by atoms with E-state index in [-0.39, 0.29) is 19.0 Å². The van der Waals surface area contributed by atoms with Gasteiger partial charge in [0.15, 0.2) is 0 Å². The first-order chi connectivity index (χ1) is 20.7. The van der Waals surface area contributed by atoms with Gasteiger partial charge in [-0.05, 0) is 40.8 Å². The molecule has 0 heterocycles. The maximum absolute atomic E-state index is 14.1. The first-order valence-corrected chi connectivity index (χ1v) is 15.9. The van der Waals surface area contributed by atoms with Crippen molar-refractivity contribution in [2.24, 2.45) is 0 Å². The lowest BCUT2D eigenvalue weighted by atomic mass is 10.0. The van der Waals surface area contributed by atoms with Crippen LogP contribution in [0.4, 0.5) is 0 Å². The molecule has 43 heavy (non-hydrogen) atoms. The minimum absolute atomic E-state index is 0.0364. The summed E-state index contributed by atoms with van der Waals surface area (Å²) in [6, 6.07) is 34.2. The summed E-state index contributed by atoms with van der Waals surface area (Å²) in [6.45, 7) is 0.0943. The van der Waals surface area contributed by atoms with Crippen LogP contribution in [-0.2, 0) is 39.1 Å². The van der Waals surface area contributed by atoms with Gasteiger partial charge in [0.05, 0.1) is 19.9 Å². The van der Waals surface area contributed by atoms with Crippen LogP contribution in [-0.4, -0.2) is 55.9 Å². The molecule has 224 valence electrons. The molecule has 0 aliphatic carbocycles. The van der Waals surface area contributed by atoms with Crippen LogP contribution in [0.5, 0.6) is 5.75 Å². The molecule has 0 aromatic heterocycles. The summed E-state index contributed by atoms with van der Waals surface area (Å²) >= 11 is 0. The van der Waals surface area contributed by atoms with Gasteiger partial charge < -0.3 is 15.0 Å². The predicted octanol–water partition coefficient (Wildman–Crippen LogP) is 4.59. The molecule has 4 rings (SSSR count). The third-order valence-electron chi connectivity index (χ3n) is 7.05. The van der Waals surface area contributed by atoms with Crippen molar-refractivity contribution >= 4 is 21.8 Å². The Bertz CT molecular complexity index is 1570. The zero-order chi connectivity index (χ0) is 30.7. The van der Waals surface area contributed by atoms with Gasteiger partial charge in [0.2, 0.25) is 21.8 Å². The number of carbonyl (C=O) groups is 2. The van der Waals surface area contributed by atoms with E-state index in [9.17, 15) is 18.0 Å². The molecule has 4 aromatic carbocycles. The van der Waals surface area contributed by atoms with Crippen LogP contribution < -0.4 is 10.1 Å². The maximum Gasteiger partial charge on any atom is 0.247 e. The van der Waals surface area contributed by atoms with Crippen LogP contribution in [0.2, 0.25) is 0 Å². The van der Waals surface area contributed by atoms with Crippen LogP contribution in [0.1, 0.15) is 28.3 Å². The summed E-state index contributed by atoms with van der Waals surface area (Å²) in [5.41, 5.74) is 3.23. The Kier molecular flexibility index (Phi) is 11.1. The molecular weight excluding hydrogens is 562 g/mol. The Labute approximate surface area is 254 Å². The molecule has 0 aliphatic rings. The van der Waals surface area contributed by atoms with E-state index in [1.165, 1.54) is 4.90 Å². The highest BCUT2D eigenvalue weighted by Gasteiger charge is 2.33. The van der Waals surface area contributed by atoms with Gasteiger partial charge in [0.25, 0.3) is 0 Å². The lowest BCUT2D eigenvalue weighted by Gasteiger charge is -2.33. The van der Waals surface area contributed by atoms with Crippen molar-refractivity contribution in [3.63, 3.8) is 0 Å². The van der Waals surface area contributed by atoms with E-state index >= 15 is 0 Å². The van der Waals surface area contributed by atoms with Gasteiger partial charge in [0.1, 0.15) is 11.8 Å². The lowest BCUT2D eigenvalue weighted by molar-refractivity contribution is -0.141. The third kappa shape index (κ3) is 9.26. The van der Waals surface area contributed by atoms with Crippen LogP contribution >= 0.6 is 0 Å². The van der Waals surface area contributed by atoms with Crippen molar-refractivity contribution in [2.45, 2.75) is 25.6 Å². The second kappa shape index (κ2) is 15.1. The molecule has 1 N–H and O–H groups in total. The quantitative estimate of drug-likeness (QED) is 0.229. The van der Waals surface area contributed by atoms with Crippen molar-refractivity contribution in [1.82, 2.24) is 14.5 Å². The summed E-state index contributed by atoms with van der Waals surface area (Å²) in [4.78, 5) is 29.5. The number of carbonyl (C=O) groups excluding carboxylic acids is 2. The minimum atomic E-state index is -3.75. The largest absolute Gasteiger partial charge is 0.497 e. The Hall–Kier alpha value is -4.47. The Morgan fingerprint density at radius 2 is 1.28 bits per heavy atom. The van der Waals surface area contributed by atoms with E-state index in [2.05, 4.69) is 5.32 Å². The zero-order valence-electron chi connectivity index (χ0n) is 24.4. The number of amides is 2. The van der Waals surface area contributed by atoms with E-state index < -0.39 is 28.5 Å². The molecular formula is C34H37N3O5S. The Morgan fingerprint density at radius 1 is 0.744 bits per heavy atom. The topological polar surface area (TPSA) is 96.0 Å². The van der Waals surface area contributed by atoms with Gasteiger partial charge >= 0.3 is 0 Å². The highest BCUT2D eigenvalue weighted by Crippen LogP contribution is 2.25. The summed E-state index contributed by atoms with van der Waals surface area (Å²) in [7, 11) is -2.14. The zero-order valence-corrected chi connectivity index (χ0v) is 25.2. The normalized spacial score (nSPS) is 12.0. The van der Waals surface area contributed by atoms with Gasteiger partial charge in [-0.25, -0.2) is 8.42 Å². The average molecular weight is 600 g/mol. The number of nitrogens with one attached hydrogen (secondary N) is 1. The Morgan fingerprint density at radius 3 is 1.81 bits per heavy atom. The molecule has 0 saturated heterocycles. The molecule has 1 atom stereocenters. The number of rotatable bonds is 14. The summed E-state index contributed by atoms with van der Waals surface area (Å²) in [5.74, 6) is -0.0790. The van der Waals surface area contributed by atoms with Crippen LogP contribution in [0, 0.1) is 0 Å². The van der Waals surface area contributed by atoms with E-state index in [0.29, 0.717) is 18.5 Å². The van der Waals surface area contributed by atoms with Gasteiger partial charge in [-0.2, -0.15) is 4.31 Å². The van der Waals surface area contributed by atoms with Crippen LogP contribution in [0.15, 0.2) is 115 Å². The Balaban J connectivity index is 1.62. The van der Waals surface area contributed by atoms with E-state index in [0.717, 1.165) is 33.0 Å². The fourth-order valence-electron chi connectivity index (χ4n) is 4.75. The molecule has 0 saturated carbocycles.